The van der Waals surface area contributed by atoms with Crippen molar-refractivity contribution in [2.75, 3.05) is 5.88 Å². The van der Waals surface area contributed by atoms with Gasteiger partial charge in [0.05, 0.1) is 11.4 Å². The second kappa shape index (κ2) is 5.78. The fraction of sp³-hybridized carbons (Fsp3) is 0.286. The highest BCUT2D eigenvalue weighted by molar-refractivity contribution is 6.17. The summed E-state index contributed by atoms with van der Waals surface area (Å²) in [7, 11) is 0. The van der Waals surface area contributed by atoms with Crippen LogP contribution in [0, 0.1) is 6.92 Å². The smallest absolute Gasteiger partial charge is 0.0888 e. The Bertz CT molecular complexity index is 497. The van der Waals surface area contributed by atoms with Crippen LogP contribution in [0.25, 0.3) is 11.4 Å². The third-order valence-corrected chi connectivity index (χ3v) is 2.87. The monoisotopic (exact) mass is 246 g/mol. The third-order valence-electron chi connectivity index (χ3n) is 2.60. The highest BCUT2D eigenvalue weighted by Gasteiger charge is 2.02. The van der Waals surface area contributed by atoms with Crippen LogP contribution in [0.3, 0.4) is 0 Å². The Kier molecular flexibility index (Phi) is 4.10. The molecular formula is C14H15ClN2. The normalized spacial score (nSPS) is 10.5. The molecule has 0 aliphatic heterocycles. The van der Waals surface area contributed by atoms with Crippen LogP contribution in [-0.4, -0.2) is 15.8 Å². The zero-order chi connectivity index (χ0) is 12.1. The standard InChI is InChI=1S/C14H15ClN2/c1-11-4-7-16-13(9-11)14-10-12(3-2-6-15)5-8-17-14/h4-5,7-10H,2-3,6H2,1H3. The van der Waals surface area contributed by atoms with Gasteiger partial charge < -0.3 is 0 Å². The number of rotatable bonds is 4. The molecule has 88 valence electrons. The van der Waals surface area contributed by atoms with E-state index in [1.807, 2.05) is 30.6 Å². The van der Waals surface area contributed by atoms with Crippen molar-refractivity contribution >= 4 is 11.6 Å². The first-order valence-electron chi connectivity index (χ1n) is 5.73. The van der Waals surface area contributed by atoms with Gasteiger partial charge in [-0.25, -0.2) is 0 Å². The van der Waals surface area contributed by atoms with Crippen molar-refractivity contribution in [1.82, 2.24) is 9.97 Å². The Morgan fingerprint density at radius 3 is 2.47 bits per heavy atom. The van der Waals surface area contributed by atoms with Crippen LogP contribution in [0.1, 0.15) is 17.5 Å². The van der Waals surface area contributed by atoms with Gasteiger partial charge in [0.15, 0.2) is 0 Å². The summed E-state index contributed by atoms with van der Waals surface area (Å²) in [6.45, 7) is 2.06. The van der Waals surface area contributed by atoms with Crippen LogP contribution < -0.4 is 0 Å². The first-order chi connectivity index (χ1) is 8.29. The molecular weight excluding hydrogens is 232 g/mol. The van der Waals surface area contributed by atoms with Gasteiger partial charge in [0.2, 0.25) is 0 Å². The maximum Gasteiger partial charge on any atom is 0.0888 e. The van der Waals surface area contributed by atoms with E-state index in [0.29, 0.717) is 5.88 Å². The zero-order valence-electron chi connectivity index (χ0n) is 9.86. The minimum Gasteiger partial charge on any atom is -0.255 e. The molecule has 0 atom stereocenters. The highest BCUT2D eigenvalue weighted by Crippen LogP contribution is 2.17. The minimum absolute atomic E-state index is 0.695. The lowest BCUT2D eigenvalue weighted by molar-refractivity contribution is 0.925. The molecule has 0 radical (unpaired) electrons. The summed E-state index contributed by atoms with van der Waals surface area (Å²) >= 11 is 5.70. The van der Waals surface area contributed by atoms with Crippen molar-refractivity contribution in [2.45, 2.75) is 19.8 Å². The van der Waals surface area contributed by atoms with Crippen LogP contribution in [-0.2, 0) is 6.42 Å². The van der Waals surface area contributed by atoms with Crippen molar-refractivity contribution in [2.24, 2.45) is 0 Å². The lowest BCUT2D eigenvalue weighted by Gasteiger charge is -2.04. The van der Waals surface area contributed by atoms with E-state index >= 15 is 0 Å². The molecule has 2 heterocycles. The molecule has 2 aromatic rings. The first-order valence-corrected chi connectivity index (χ1v) is 6.27. The predicted octanol–water partition coefficient (Wildman–Crippen LogP) is 3.62. The molecule has 3 heteroatoms. The number of aryl methyl sites for hydroxylation is 2. The molecule has 2 nitrogen and oxygen atoms in total. The number of nitrogens with zero attached hydrogens (tertiary/aromatic N) is 2. The highest BCUT2D eigenvalue weighted by atomic mass is 35.5. The fourth-order valence-corrected chi connectivity index (χ4v) is 1.85. The number of hydrogen-bond donors (Lipinski definition) is 0. The predicted molar refractivity (Wildman–Crippen MR) is 71.2 cm³/mol. The van der Waals surface area contributed by atoms with Gasteiger partial charge in [-0.2, -0.15) is 0 Å². The summed E-state index contributed by atoms with van der Waals surface area (Å²) in [5.41, 5.74) is 4.32. The quantitative estimate of drug-likeness (QED) is 0.770. The average molecular weight is 247 g/mol. The van der Waals surface area contributed by atoms with E-state index in [4.69, 9.17) is 11.6 Å². The number of hydrogen-bond acceptors (Lipinski definition) is 2. The second-order valence-electron chi connectivity index (χ2n) is 4.06. The molecule has 0 aliphatic rings. The van der Waals surface area contributed by atoms with Crippen LogP contribution in [0.2, 0.25) is 0 Å². The Labute approximate surface area is 107 Å². The van der Waals surface area contributed by atoms with Crippen molar-refractivity contribution in [3.63, 3.8) is 0 Å². The van der Waals surface area contributed by atoms with Crippen LogP contribution in [0.4, 0.5) is 0 Å². The lowest BCUT2D eigenvalue weighted by atomic mass is 10.1. The largest absolute Gasteiger partial charge is 0.255 e. The molecule has 0 aromatic carbocycles. The third kappa shape index (κ3) is 3.27. The number of alkyl halides is 1. The van der Waals surface area contributed by atoms with E-state index < -0.39 is 0 Å². The summed E-state index contributed by atoms with van der Waals surface area (Å²) in [5, 5.41) is 0. The molecule has 0 saturated carbocycles. The van der Waals surface area contributed by atoms with Gasteiger partial charge in [0.25, 0.3) is 0 Å². The molecule has 2 rings (SSSR count). The summed E-state index contributed by atoms with van der Waals surface area (Å²) in [4.78, 5) is 8.71. The van der Waals surface area contributed by atoms with Crippen molar-refractivity contribution in [3.05, 3.63) is 47.8 Å². The van der Waals surface area contributed by atoms with E-state index in [-0.39, 0.29) is 0 Å². The van der Waals surface area contributed by atoms with E-state index in [1.165, 1.54) is 11.1 Å². The Morgan fingerprint density at radius 1 is 1.06 bits per heavy atom. The van der Waals surface area contributed by atoms with Crippen molar-refractivity contribution in [1.29, 1.82) is 0 Å². The van der Waals surface area contributed by atoms with Crippen molar-refractivity contribution in [3.8, 4) is 11.4 Å². The van der Waals surface area contributed by atoms with E-state index in [2.05, 4.69) is 23.0 Å². The molecule has 17 heavy (non-hydrogen) atoms. The summed E-state index contributed by atoms with van der Waals surface area (Å²) < 4.78 is 0. The SMILES string of the molecule is Cc1ccnc(-c2cc(CCCCl)ccn2)c1. The van der Waals surface area contributed by atoms with Gasteiger partial charge in [-0.1, -0.05) is 0 Å². The topological polar surface area (TPSA) is 25.8 Å². The molecule has 0 aliphatic carbocycles. The van der Waals surface area contributed by atoms with Crippen molar-refractivity contribution < 1.29 is 0 Å². The maximum absolute atomic E-state index is 5.70. The van der Waals surface area contributed by atoms with Gasteiger partial charge in [-0.3, -0.25) is 9.97 Å². The maximum atomic E-state index is 5.70. The Morgan fingerprint density at radius 2 is 1.76 bits per heavy atom. The second-order valence-corrected chi connectivity index (χ2v) is 4.44. The molecule has 0 unspecified atom stereocenters. The van der Waals surface area contributed by atoms with E-state index in [1.54, 1.807) is 0 Å². The van der Waals surface area contributed by atoms with Crippen LogP contribution in [0.15, 0.2) is 36.7 Å². The molecule has 0 saturated heterocycles. The molecule has 2 aromatic heterocycles. The average Bonchev–Trinajstić information content (AvgIpc) is 2.37. The van der Waals surface area contributed by atoms with Gasteiger partial charge in [-0.05, 0) is 55.2 Å². The lowest BCUT2D eigenvalue weighted by Crippen LogP contribution is -1.92. The molecule has 0 N–H and O–H groups in total. The number of aromatic nitrogens is 2. The van der Waals surface area contributed by atoms with Gasteiger partial charge >= 0.3 is 0 Å². The molecule has 0 fully saturated rings. The van der Waals surface area contributed by atoms with Gasteiger partial charge in [-0.15, -0.1) is 11.6 Å². The van der Waals surface area contributed by atoms with Gasteiger partial charge in [0.1, 0.15) is 0 Å². The van der Waals surface area contributed by atoms with E-state index in [0.717, 1.165) is 24.2 Å². The van der Waals surface area contributed by atoms with Crippen LogP contribution in [0.5, 0.6) is 0 Å². The fourth-order valence-electron chi connectivity index (χ4n) is 1.72. The minimum atomic E-state index is 0.695. The Balaban J connectivity index is 2.26. The van der Waals surface area contributed by atoms with E-state index in [9.17, 15) is 0 Å². The summed E-state index contributed by atoms with van der Waals surface area (Å²) in [6.07, 6.45) is 5.64. The van der Waals surface area contributed by atoms with Crippen LogP contribution >= 0.6 is 11.6 Å². The Hall–Kier alpha value is -1.41. The number of halogens is 1. The summed E-state index contributed by atoms with van der Waals surface area (Å²) in [6, 6.07) is 8.16. The van der Waals surface area contributed by atoms with Gasteiger partial charge in [0, 0.05) is 18.3 Å². The molecule has 0 bridgehead atoms. The first kappa shape index (κ1) is 12.1. The molecule has 0 amide bonds. The summed E-state index contributed by atoms with van der Waals surface area (Å²) in [5.74, 6) is 0.695. The zero-order valence-corrected chi connectivity index (χ0v) is 10.6. The number of pyridine rings is 2. The molecule has 0 spiro atoms.